The number of ether oxygens (including phenoxy) is 1. The van der Waals surface area contributed by atoms with Gasteiger partial charge in [0.05, 0.1) is 42.5 Å². The van der Waals surface area contributed by atoms with Crippen LogP contribution >= 0.6 is 0 Å². The van der Waals surface area contributed by atoms with Gasteiger partial charge in [-0.3, -0.25) is 9.59 Å². The molecule has 0 saturated heterocycles. The van der Waals surface area contributed by atoms with Crippen molar-refractivity contribution in [2.24, 2.45) is 0 Å². The van der Waals surface area contributed by atoms with Gasteiger partial charge in [0.25, 0.3) is 0 Å². The number of carbonyl (C=O) groups excluding carboxylic acids is 2. The zero-order valence-electron chi connectivity index (χ0n) is 27.5. The number of hydrogen-bond donors (Lipinski definition) is 3. The summed E-state index contributed by atoms with van der Waals surface area (Å²) >= 11 is 0. The molecule has 0 aromatic carbocycles. The monoisotopic (exact) mass is 618 g/mol. The molecule has 0 bridgehead atoms. The first-order valence-electron chi connectivity index (χ1n) is 15.2. The van der Waals surface area contributed by atoms with Crippen molar-refractivity contribution >= 4 is 40.3 Å². The Morgan fingerprint density at radius 2 is 1.98 bits per heavy atom. The molecule has 0 saturated carbocycles. The molecule has 3 rings (SSSR count). The molecule has 0 fully saturated rings. The van der Waals surface area contributed by atoms with E-state index in [4.69, 9.17) is 4.74 Å². The number of amides is 2. The highest BCUT2D eigenvalue weighted by Gasteiger charge is 2.20. The van der Waals surface area contributed by atoms with E-state index in [1.807, 2.05) is 36.7 Å². The van der Waals surface area contributed by atoms with Crippen LogP contribution in [-0.2, 0) is 20.9 Å². The van der Waals surface area contributed by atoms with Crippen molar-refractivity contribution in [3.05, 3.63) is 41.9 Å². The largest absolute Gasteiger partial charge is 0.383 e. The topological polar surface area (TPSA) is 142 Å². The van der Waals surface area contributed by atoms with Crippen LogP contribution < -0.4 is 16.0 Å². The Labute approximate surface area is 265 Å². The average molecular weight is 619 g/mol. The number of unbranched alkanes of at least 4 members (excludes halogenated alkanes) is 1. The van der Waals surface area contributed by atoms with Gasteiger partial charge in [-0.05, 0) is 46.9 Å². The number of methoxy groups -OCH3 is 1. The van der Waals surface area contributed by atoms with E-state index in [1.165, 1.54) is 11.0 Å². The van der Waals surface area contributed by atoms with Crippen molar-refractivity contribution in [1.82, 2.24) is 39.8 Å². The zero-order chi connectivity index (χ0) is 32.8. The molecule has 0 aliphatic carbocycles. The van der Waals surface area contributed by atoms with Gasteiger partial charge in [0, 0.05) is 51.7 Å². The van der Waals surface area contributed by atoms with E-state index in [9.17, 15) is 9.59 Å². The van der Waals surface area contributed by atoms with E-state index in [1.54, 1.807) is 39.6 Å². The highest BCUT2D eigenvalue weighted by molar-refractivity contribution is 5.92. The second-order valence-corrected chi connectivity index (χ2v) is 10.9. The van der Waals surface area contributed by atoms with Gasteiger partial charge in [-0.25, -0.2) is 14.6 Å². The van der Waals surface area contributed by atoms with Crippen LogP contribution in [0.15, 0.2) is 30.6 Å². The fourth-order valence-corrected chi connectivity index (χ4v) is 4.20. The number of anilines is 3. The molecular formula is C32H46N10O3. The average Bonchev–Trinajstić information content (AvgIpc) is 3.34. The number of nitrogens with one attached hydrogen (secondary N) is 3. The fourth-order valence-electron chi connectivity index (χ4n) is 4.20. The number of aryl methyl sites for hydroxylation is 1. The van der Waals surface area contributed by atoms with Crippen LogP contribution in [-0.4, -0.2) is 107 Å². The van der Waals surface area contributed by atoms with Gasteiger partial charge in [-0.2, -0.15) is 10.1 Å². The molecule has 3 heterocycles. The molecule has 2 amide bonds. The molecule has 0 radical (unpaired) electrons. The third-order valence-corrected chi connectivity index (χ3v) is 6.91. The van der Waals surface area contributed by atoms with Crippen molar-refractivity contribution in [2.75, 3.05) is 65.1 Å². The maximum absolute atomic E-state index is 12.5. The molecule has 0 unspecified atom stereocenters. The number of likely N-dealkylation sites (N-methyl/N-ethyl adjacent to an activating group) is 2. The number of aromatic nitrogens is 5. The first kappa shape index (κ1) is 34.9. The second kappa shape index (κ2) is 17.7. The smallest absolute Gasteiger partial charge is 0.246 e. The van der Waals surface area contributed by atoms with E-state index in [0.717, 1.165) is 35.4 Å². The van der Waals surface area contributed by atoms with E-state index >= 15 is 0 Å². The maximum Gasteiger partial charge on any atom is 0.246 e. The molecule has 3 N–H and O–H groups in total. The Balaban J connectivity index is 1.56. The highest BCUT2D eigenvalue weighted by Crippen LogP contribution is 2.23. The van der Waals surface area contributed by atoms with Crippen molar-refractivity contribution in [3.63, 3.8) is 0 Å². The van der Waals surface area contributed by atoms with E-state index < -0.39 is 6.04 Å². The Hall–Kier alpha value is -4.54. The van der Waals surface area contributed by atoms with Gasteiger partial charge in [-0.15, -0.1) is 0 Å². The third-order valence-electron chi connectivity index (χ3n) is 6.91. The summed E-state index contributed by atoms with van der Waals surface area (Å²) in [7, 11) is 7.14. The summed E-state index contributed by atoms with van der Waals surface area (Å²) in [5, 5.41) is 15.0. The van der Waals surface area contributed by atoms with Crippen LogP contribution in [0.25, 0.3) is 11.0 Å². The van der Waals surface area contributed by atoms with Crippen LogP contribution in [0, 0.1) is 18.8 Å². The summed E-state index contributed by atoms with van der Waals surface area (Å²) in [6.07, 6.45) is 8.88. The predicted octanol–water partition coefficient (Wildman–Crippen LogP) is 2.95. The molecule has 13 heteroatoms. The third kappa shape index (κ3) is 10.5. The van der Waals surface area contributed by atoms with Crippen LogP contribution in [0.5, 0.6) is 0 Å². The van der Waals surface area contributed by atoms with Gasteiger partial charge in [0.1, 0.15) is 11.9 Å². The van der Waals surface area contributed by atoms with E-state index in [2.05, 4.69) is 54.8 Å². The van der Waals surface area contributed by atoms with Crippen LogP contribution in [0.2, 0.25) is 0 Å². The summed E-state index contributed by atoms with van der Waals surface area (Å²) in [4.78, 5) is 42.0. The lowest BCUT2D eigenvalue weighted by atomic mass is 10.2. The van der Waals surface area contributed by atoms with Gasteiger partial charge < -0.3 is 30.5 Å². The van der Waals surface area contributed by atoms with Crippen LogP contribution in [0.4, 0.5) is 17.5 Å². The number of fused-ring (bicyclic) bond motifs is 1. The molecule has 0 spiro atoms. The summed E-state index contributed by atoms with van der Waals surface area (Å²) in [6.45, 7) is 8.79. The van der Waals surface area contributed by atoms with Gasteiger partial charge >= 0.3 is 0 Å². The molecule has 3 aromatic heterocycles. The van der Waals surface area contributed by atoms with Crippen molar-refractivity contribution in [1.29, 1.82) is 0 Å². The standard InChI is InChI=1S/C32H46N10O3/c1-8-15-33-29-25(13-10-9-11-16-34-31(44)24(3)41(6)28(43)14-12-17-40(4)5)21-36-32(38-29)37-26-20-27-23(2)39-42(18-19-45-7)30(27)35-22-26/h12,14,20-22,24H,8-9,11,15-19H2,1-7H3,(H,34,44)(H2,33,36,37,38)/b14-12+/t24-/m0/s1. The first-order chi connectivity index (χ1) is 21.6. The Bertz CT molecular complexity index is 1520. The molecule has 13 nitrogen and oxygen atoms in total. The Morgan fingerprint density at radius 1 is 1.18 bits per heavy atom. The van der Waals surface area contributed by atoms with Gasteiger partial charge in [-0.1, -0.05) is 24.8 Å². The predicted molar refractivity (Wildman–Crippen MR) is 177 cm³/mol. The normalized spacial score (nSPS) is 11.8. The molecule has 1 atom stereocenters. The molecule has 3 aromatic rings. The summed E-state index contributed by atoms with van der Waals surface area (Å²) < 4.78 is 7.02. The minimum Gasteiger partial charge on any atom is -0.383 e. The highest BCUT2D eigenvalue weighted by atomic mass is 16.5. The molecule has 0 aliphatic heterocycles. The quantitative estimate of drug-likeness (QED) is 0.125. The van der Waals surface area contributed by atoms with Crippen LogP contribution in [0.3, 0.4) is 0 Å². The summed E-state index contributed by atoms with van der Waals surface area (Å²) in [6, 6.07) is 1.41. The lowest BCUT2D eigenvalue weighted by molar-refractivity contribution is -0.135. The van der Waals surface area contributed by atoms with Crippen molar-refractivity contribution < 1.29 is 14.3 Å². The summed E-state index contributed by atoms with van der Waals surface area (Å²) in [5.74, 6) is 6.99. The van der Waals surface area contributed by atoms with E-state index in [-0.39, 0.29) is 11.8 Å². The Kier molecular flexibility index (Phi) is 13.7. The number of hydrogen-bond acceptors (Lipinski definition) is 10. The molecule has 0 aliphatic rings. The molecule has 45 heavy (non-hydrogen) atoms. The SMILES string of the molecule is CCCNc1nc(Nc2cnc3c(c2)c(C)nn3CCOC)ncc1C#CCCCNC(=O)[C@H](C)N(C)C(=O)/C=C/CN(C)C. The van der Waals surface area contributed by atoms with Crippen molar-refractivity contribution in [2.45, 2.75) is 52.6 Å². The second-order valence-electron chi connectivity index (χ2n) is 10.9. The van der Waals surface area contributed by atoms with Gasteiger partial charge in [0.15, 0.2) is 5.65 Å². The van der Waals surface area contributed by atoms with Crippen LogP contribution in [0.1, 0.15) is 44.4 Å². The number of pyridine rings is 1. The number of carbonyl (C=O) groups is 2. The lowest BCUT2D eigenvalue weighted by Crippen LogP contribution is -2.45. The summed E-state index contributed by atoms with van der Waals surface area (Å²) in [5.41, 5.74) is 3.13. The lowest BCUT2D eigenvalue weighted by Gasteiger charge is -2.23. The minimum absolute atomic E-state index is 0.202. The van der Waals surface area contributed by atoms with Gasteiger partial charge in [0.2, 0.25) is 17.8 Å². The first-order valence-corrected chi connectivity index (χ1v) is 15.2. The maximum atomic E-state index is 12.5. The number of nitrogens with zero attached hydrogens (tertiary/aromatic N) is 7. The minimum atomic E-state index is -0.579. The zero-order valence-corrected chi connectivity index (χ0v) is 27.5. The fraction of sp³-hybridized carbons (Fsp3) is 0.500. The van der Waals surface area contributed by atoms with E-state index in [0.29, 0.717) is 56.4 Å². The Morgan fingerprint density at radius 3 is 2.71 bits per heavy atom. The molecule has 242 valence electrons. The van der Waals surface area contributed by atoms with Crippen molar-refractivity contribution in [3.8, 4) is 11.8 Å². The number of rotatable bonds is 16. The molecular weight excluding hydrogens is 572 g/mol.